The SMILES string of the molecule is C=CCNC(=O)C1CC2CCCCC2N1. The van der Waals surface area contributed by atoms with Crippen LogP contribution in [0.4, 0.5) is 0 Å². The van der Waals surface area contributed by atoms with Crippen LogP contribution in [0.25, 0.3) is 0 Å². The first-order valence-corrected chi connectivity index (χ1v) is 5.96. The topological polar surface area (TPSA) is 41.1 Å². The summed E-state index contributed by atoms with van der Waals surface area (Å²) in [6, 6.07) is 0.635. The zero-order valence-corrected chi connectivity index (χ0v) is 9.17. The Kier molecular flexibility index (Phi) is 3.41. The molecule has 0 aromatic heterocycles. The molecule has 3 unspecified atom stereocenters. The molecule has 0 spiro atoms. The summed E-state index contributed by atoms with van der Waals surface area (Å²) in [5, 5.41) is 6.32. The molecule has 1 saturated heterocycles. The van der Waals surface area contributed by atoms with Crippen molar-refractivity contribution in [2.24, 2.45) is 5.92 Å². The van der Waals surface area contributed by atoms with Crippen LogP contribution >= 0.6 is 0 Å². The molecule has 0 aromatic rings. The van der Waals surface area contributed by atoms with Gasteiger partial charge in [-0.2, -0.15) is 0 Å². The predicted molar refractivity (Wildman–Crippen MR) is 60.5 cm³/mol. The lowest BCUT2D eigenvalue weighted by Crippen LogP contribution is -2.43. The highest BCUT2D eigenvalue weighted by molar-refractivity contribution is 5.82. The average molecular weight is 208 g/mol. The predicted octanol–water partition coefficient (Wildman–Crippen LogP) is 1.21. The molecule has 1 aliphatic carbocycles. The molecule has 3 atom stereocenters. The summed E-state index contributed by atoms with van der Waals surface area (Å²) in [5.41, 5.74) is 0. The van der Waals surface area contributed by atoms with Crippen LogP contribution in [0.15, 0.2) is 12.7 Å². The van der Waals surface area contributed by atoms with Crippen molar-refractivity contribution in [2.45, 2.75) is 44.2 Å². The Morgan fingerprint density at radius 2 is 2.27 bits per heavy atom. The van der Waals surface area contributed by atoms with Gasteiger partial charge in [0.15, 0.2) is 0 Å². The highest BCUT2D eigenvalue weighted by Gasteiger charge is 2.37. The highest BCUT2D eigenvalue weighted by Crippen LogP contribution is 2.33. The number of hydrogen-bond donors (Lipinski definition) is 2. The van der Waals surface area contributed by atoms with Gasteiger partial charge < -0.3 is 10.6 Å². The van der Waals surface area contributed by atoms with Crippen molar-refractivity contribution < 1.29 is 4.79 Å². The summed E-state index contributed by atoms with van der Waals surface area (Å²) in [5.74, 6) is 0.877. The van der Waals surface area contributed by atoms with Gasteiger partial charge in [-0.15, -0.1) is 6.58 Å². The molecule has 0 radical (unpaired) electrons. The van der Waals surface area contributed by atoms with E-state index in [2.05, 4.69) is 17.2 Å². The van der Waals surface area contributed by atoms with Gasteiger partial charge in [-0.05, 0) is 25.2 Å². The minimum absolute atomic E-state index is 0.0399. The molecule has 2 aliphatic rings. The lowest BCUT2D eigenvalue weighted by atomic mass is 9.85. The monoisotopic (exact) mass is 208 g/mol. The fourth-order valence-electron chi connectivity index (χ4n) is 2.82. The molecule has 2 rings (SSSR count). The number of hydrogen-bond acceptors (Lipinski definition) is 2. The Balaban J connectivity index is 1.85. The zero-order chi connectivity index (χ0) is 10.7. The molecule has 3 heteroatoms. The van der Waals surface area contributed by atoms with E-state index in [1.807, 2.05) is 0 Å². The summed E-state index contributed by atoms with van der Waals surface area (Å²) in [6.07, 6.45) is 7.94. The summed E-state index contributed by atoms with van der Waals surface area (Å²) in [4.78, 5) is 11.7. The second kappa shape index (κ2) is 4.79. The Morgan fingerprint density at radius 1 is 1.47 bits per heavy atom. The molecule has 84 valence electrons. The van der Waals surface area contributed by atoms with E-state index in [4.69, 9.17) is 0 Å². The van der Waals surface area contributed by atoms with Crippen molar-refractivity contribution in [3.05, 3.63) is 12.7 Å². The molecule has 1 amide bonds. The molecule has 2 fully saturated rings. The Morgan fingerprint density at radius 3 is 3.00 bits per heavy atom. The van der Waals surface area contributed by atoms with Crippen LogP contribution in [0.3, 0.4) is 0 Å². The first-order valence-electron chi connectivity index (χ1n) is 5.96. The zero-order valence-electron chi connectivity index (χ0n) is 9.17. The van der Waals surface area contributed by atoms with Crippen molar-refractivity contribution in [3.8, 4) is 0 Å². The van der Waals surface area contributed by atoms with Gasteiger partial charge >= 0.3 is 0 Å². The normalized spacial score (nSPS) is 34.5. The molecule has 2 N–H and O–H groups in total. The van der Waals surface area contributed by atoms with Crippen molar-refractivity contribution in [1.82, 2.24) is 10.6 Å². The second-order valence-electron chi connectivity index (χ2n) is 4.64. The van der Waals surface area contributed by atoms with Gasteiger partial charge in [0.05, 0.1) is 6.04 Å². The van der Waals surface area contributed by atoms with Gasteiger partial charge in [0.25, 0.3) is 0 Å². The first kappa shape index (κ1) is 10.7. The largest absolute Gasteiger partial charge is 0.351 e. The molecular formula is C12H20N2O. The van der Waals surface area contributed by atoms with Gasteiger partial charge in [0.1, 0.15) is 0 Å². The fourth-order valence-corrected chi connectivity index (χ4v) is 2.82. The standard InChI is InChI=1S/C12H20N2O/c1-2-7-13-12(15)11-8-9-5-3-4-6-10(9)14-11/h2,9-11,14H,1,3-8H2,(H,13,15). The maximum Gasteiger partial charge on any atom is 0.237 e. The summed E-state index contributed by atoms with van der Waals surface area (Å²) in [6.45, 7) is 4.17. The van der Waals surface area contributed by atoms with Crippen molar-refractivity contribution in [3.63, 3.8) is 0 Å². The molecule has 1 saturated carbocycles. The average Bonchev–Trinajstić information content (AvgIpc) is 2.69. The van der Waals surface area contributed by atoms with E-state index in [0.717, 1.165) is 12.3 Å². The second-order valence-corrected chi connectivity index (χ2v) is 4.64. The van der Waals surface area contributed by atoms with E-state index in [1.165, 1.54) is 25.7 Å². The van der Waals surface area contributed by atoms with Gasteiger partial charge in [-0.1, -0.05) is 18.9 Å². The number of nitrogens with one attached hydrogen (secondary N) is 2. The Hall–Kier alpha value is -0.830. The Labute approximate surface area is 91.3 Å². The van der Waals surface area contributed by atoms with E-state index in [9.17, 15) is 4.79 Å². The van der Waals surface area contributed by atoms with E-state index < -0.39 is 0 Å². The third-order valence-corrected chi connectivity index (χ3v) is 3.60. The number of carbonyl (C=O) groups excluding carboxylic acids is 1. The number of fused-ring (bicyclic) bond motifs is 1. The first-order chi connectivity index (χ1) is 7.31. The summed E-state index contributed by atoms with van der Waals surface area (Å²) < 4.78 is 0. The fraction of sp³-hybridized carbons (Fsp3) is 0.750. The van der Waals surface area contributed by atoms with E-state index in [-0.39, 0.29) is 11.9 Å². The summed E-state index contributed by atoms with van der Waals surface area (Å²) in [7, 11) is 0. The van der Waals surface area contributed by atoms with Gasteiger partial charge in [0, 0.05) is 12.6 Å². The molecule has 15 heavy (non-hydrogen) atoms. The molecule has 0 aromatic carbocycles. The molecular weight excluding hydrogens is 188 g/mol. The molecule has 0 bridgehead atoms. The minimum atomic E-state index is 0.0399. The quantitative estimate of drug-likeness (QED) is 0.684. The maximum atomic E-state index is 11.7. The number of rotatable bonds is 3. The molecule has 1 aliphatic heterocycles. The van der Waals surface area contributed by atoms with E-state index >= 15 is 0 Å². The minimum Gasteiger partial charge on any atom is -0.351 e. The van der Waals surface area contributed by atoms with Crippen LogP contribution in [-0.2, 0) is 4.79 Å². The highest BCUT2D eigenvalue weighted by atomic mass is 16.2. The van der Waals surface area contributed by atoms with Gasteiger partial charge in [-0.25, -0.2) is 0 Å². The van der Waals surface area contributed by atoms with Crippen molar-refractivity contribution in [2.75, 3.05) is 6.54 Å². The van der Waals surface area contributed by atoms with Crippen LogP contribution in [0.2, 0.25) is 0 Å². The summed E-state index contributed by atoms with van der Waals surface area (Å²) >= 11 is 0. The van der Waals surface area contributed by atoms with Gasteiger partial charge in [-0.3, -0.25) is 4.79 Å². The van der Waals surface area contributed by atoms with Crippen LogP contribution in [-0.4, -0.2) is 24.5 Å². The lowest BCUT2D eigenvalue weighted by molar-refractivity contribution is -0.122. The lowest BCUT2D eigenvalue weighted by Gasteiger charge is -2.24. The van der Waals surface area contributed by atoms with Crippen molar-refractivity contribution in [1.29, 1.82) is 0 Å². The van der Waals surface area contributed by atoms with E-state index in [1.54, 1.807) is 6.08 Å². The smallest absolute Gasteiger partial charge is 0.237 e. The third-order valence-electron chi connectivity index (χ3n) is 3.60. The van der Waals surface area contributed by atoms with Crippen LogP contribution in [0, 0.1) is 5.92 Å². The molecule has 3 nitrogen and oxygen atoms in total. The third kappa shape index (κ3) is 2.40. The molecule has 1 heterocycles. The van der Waals surface area contributed by atoms with Crippen molar-refractivity contribution >= 4 is 5.91 Å². The van der Waals surface area contributed by atoms with Crippen LogP contribution in [0.5, 0.6) is 0 Å². The van der Waals surface area contributed by atoms with Crippen LogP contribution < -0.4 is 10.6 Å². The number of carbonyl (C=O) groups is 1. The van der Waals surface area contributed by atoms with Crippen LogP contribution in [0.1, 0.15) is 32.1 Å². The maximum absolute atomic E-state index is 11.7. The van der Waals surface area contributed by atoms with Gasteiger partial charge in [0.2, 0.25) is 5.91 Å². The van der Waals surface area contributed by atoms with E-state index in [0.29, 0.717) is 12.6 Å². The Bertz CT molecular complexity index is 238. The number of amides is 1.